The predicted molar refractivity (Wildman–Crippen MR) is 103 cm³/mol. The fourth-order valence-corrected chi connectivity index (χ4v) is 2.83. The fourth-order valence-electron chi connectivity index (χ4n) is 2.58. The summed E-state index contributed by atoms with van der Waals surface area (Å²) in [5.41, 5.74) is 2.12. The van der Waals surface area contributed by atoms with Crippen LogP contribution >= 0.6 is 24.0 Å². The zero-order chi connectivity index (χ0) is 17.7. The molecule has 2 aromatic carbocycles. The number of amides is 1. The van der Waals surface area contributed by atoms with E-state index in [1.54, 1.807) is 32.2 Å². The Balaban J connectivity index is 0.00000312. The van der Waals surface area contributed by atoms with Crippen LogP contribution in [-0.4, -0.2) is 19.5 Å². The van der Waals surface area contributed by atoms with E-state index in [2.05, 4.69) is 10.6 Å². The molecule has 2 unspecified atom stereocenters. The standard InChI is InChI=1S/C19H22ClFN2O.ClH/c1-12-10-14(8-9-17(12)21)18(15-6-4-5-7-16(15)20)23-19(24)13(2)11-22-3;/h4-10,13,18,22H,11H2,1-3H3,(H,23,24);1H. The van der Waals surface area contributed by atoms with Crippen LogP contribution in [0.2, 0.25) is 5.02 Å². The van der Waals surface area contributed by atoms with Crippen LogP contribution in [0, 0.1) is 18.7 Å². The van der Waals surface area contributed by atoms with E-state index < -0.39 is 6.04 Å². The quantitative estimate of drug-likeness (QED) is 0.780. The molecule has 136 valence electrons. The van der Waals surface area contributed by atoms with Gasteiger partial charge in [0.2, 0.25) is 5.91 Å². The molecular formula is C19H23Cl2FN2O. The van der Waals surface area contributed by atoms with E-state index in [4.69, 9.17) is 11.6 Å². The van der Waals surface area contributed by atoms with Crippen molar-refractivity contribution >= 4 is 29.9 Å². The molecule has 0 aliphatic rings. The lowest BCUT2D eigenvalue weighted by Gasteiger charge is -2.23. The van der Waals surface area contributed by atoms with Gasteiger partial charge in [0, 0.05) is 17.5 Å². The Labute approximate surface area is 159 Å². The smallest absolute Gasteiger partial charge is 0.224 e. The summed E-state index contributed by atoms with van der Waals surface area (Å²) in [5, 5.41) is 6.59. The molecule has 0 fully saturated rings. The first-order valence-corrected chi connectivity index (χ1v) is 8.27. The van der Waals surface area contributed by atoms with Crippen LogP contribution in [0.15, 0.2) is 42.5 Å². The Hall–Kier alpha value is -1.62. The van der Waals surface area contributed by atoms with Gasteiger partial charge in [-0.25, -0.2) is 4.39 Å². The summed E-state index contributed by atoms with van der Waals surface area (Å²) in [6.07, 6.45) is 0. The second kappa shape index (κ2) is 9.76. The molecule has 0 saturated heterocycles. The summed E-state index contributed by atoms with van der Waals surface area (Å²) in [4.78, 5) is 12.5. The monoisotopic (exact) mass is 384 g/mol. The van der Waals surface area contributed by atoms with Gasteiger partial charge >= 0.3 is 0 Å². The largest absolute Gasteiger partial charge is 0.345 e. The number of rotatable bonds is 6. The first-order valence-electron chi connectivity index (χ1n) is 7.89. The van der Waals surface area contributed by atoms with E-state index in [0.717, 1.165) is 11.1 Å². The molecule has 0 saturated carbocycles. The number of halogens is 3. The van der Waals surface area contributed by atoms with Crippen LogP contribution in [-0.2, 0) is 4.79 Å². The Morgan fingerprint density at radius 2 is 1.92 bits per heavy atom. The number of aryl methyl sites for hydroxylation is 1. The number of carbonyl (C=O) groups is 1. The molecule has 0 aliphatic carbocycles. The van der Waals surface area contributed by atoms with Gasteiger partial charge in [0.15, 0.2) is 0 Å². The van der Waals surface area contributed by atoms with Gasteiger partial charge in [-0.2, -0.15) is 0 Å². The molecule has 1 amide bonds. The molecule has 0 radical (unpaired) electrons. The second-order valence-corrected chi connectivity index (χ2v) is 6.34. The van der Waals surface area contributed by atoms with Crippen LogP contribution in [0.1, 0.15) is 29.7 Å². The molecule has 2 rings (SSSR count). The predicted octanol–water partition coefficient (Wildman–Crippen LogP) is 4.27. The number of nitrogens with one attached hydrogen (secondary N) is 2. The minimum atomic E-state index is -0.426. The minimum Gasteiger partial charge on any atom is -0.345 e. The van der Waals surface area contributed by atoms with E-state index in [1.807, 2.05) is 25.1 Å². The van der Waals surface area contributed by atoms with Gasteiger partial charge in [0.05, 0.1) is 6.04 Å². The van der Waals surface area contributed by atoms with Crippen molar-refractivity contribution in [3.63, 3.8) is 0 Å². The summed E-state index contributed by atoms with van der Waals surface area (Å²) < 4.78 is 13.6. The highest BCUT2D eigenvalue weighted by Gasteiger charge is 2.22. The summed E-state index contributed by atoms with van der Waals surface area (Å²) >= 11 is 6.33. The maximum Gasteiger partial charge on any atom is 0.224 e. The number of carbonyl (C=O) groups excluding carboxylic acids is 1. The third-order valence-corrected chi connectivity index (χ3v) is 4.32. The average molecular weight is 385 g/mol. The van der Waals surface area contributed by atoms with E-state index in [-0.39, 0.29) is 30.0 Å². The SMILES string of the molecule is CNCC(C)C(=O)NC(c1ccc(F)c(C)c1)c1ccccc1Cl.Cl. The van der Waals surface area contributed by atoms with E-state index in [9.17, 15) is 9.18 Å². The van der Waals surface area contributed by atoms with Gasteiger partial charge in [-0.15, -0.1) is 12.4 Å². The lowest BCUT2D eigenvalue weighted by Crippen LogP contribution is -2.37. The summed E-state index contributed by atoms with van der Waals surface area (Å²) in [5.74, 6) is -0.552. The van der Waals surface area contributed by atoms with Crippen molar-refractivity contribution in [1.29, 1.82) is 0 Å². The van der Waals surface area contributed by atoms with Crippen molar-refractivity contribution in [2.45, 2.75) is 19.9 Å². The number of benzene rings is 2. The lowest BCUT2D eigenvalue weighted by molar-refractivity contribution is -0.124. The molecule has 3 nitrogen and oxygen atoms in total. The van der Waals surface area contributed by atoms with Crippen molar-refractivity contribution in [2.24, 2.45) is 5.92 Å². The zero-order valence-electron chi connectivity index (χ0n) is 14.5. The molecule has 25 heavy (non-hydrogen) atoms. The van der Waals surface area contributed by atoms with Crippen LogP contribution in [0.3, 0.4) is 0 Å². The van der Waals surface area contributed by atoms with Crippen LogP contribution in [0.5, 0.6) is 0 Å². The molecule has 0 aromatic heterocycles. The van der Waals surface area contributed by atoms with Gasteiger partial charge < -0.3 is 10.6 Å². The molecule has 2 atom stereocenters. The van der Waals surface area contributed by atoms with E-state index >= 15 is 0 Å². The Bertz CT molecular complexity index is 724. The van der Waals surface area contributed by atoms with E-state index in [0.29, 0.717) is 17.1 Å². The third kappa shape index (κ3) is 5.43. The first-order chi connectivity index (χ1) is 11.4. The van der Waals surface area contributed by atoms with Crippen LogP contribution in [0.4, 0.5) is 4.39 Å². The average Bonchev–Trinajstić information content (AvgIpc) is 2.56. The fraction of sp³-hybridized carbons (Fsp3) is 0.316. The maximum absolute atomic E-state index is 13.6. The summed E-state index contributed by atoms with van der Waals surface area (Å²) in [7, 11) is 1.80. The first kappa shape index (κ1) is 21.4. The Morgan fingerprint density at radius 1 is 1.24 bits per heavy atom. The molecule has 0 aliphatic heterocycles. The molecule has 6 heteroatoms. The minimum absolute atomic E-state index is 0. The highest BCUT2D eigenvalue weighted by atomic mass is 35.5. The van der Waals surface area contributed by atoms with Crippen molar-refractivity contribution in [3.05, 3.63) is 70.0 Å². The van der Waals surface area contributed by atoms with E-state index in [1.165, 1.54) is 6.07 Å². The Kier molecular flexibility index (Phi) is 8.36. The van der Waals surface area contributed by atoms with Gasteiger partial charge in [0.1, 0.15) is 5.82 Å². The highest BCUT2D eigenvalue weighted by Crippen LogP contribution is 2.29. The van der Waals surface area contributed by atoms with Crippen molar-refractivity contribution in [3.8, 4) is 0 Å². The van der Waals surface area contributed by atoms with Crippen LogP contribution < -0.4 is 10.6 Å². The zero-order valence-corrected chi connectivity index (χ0v) is 16.0. The third-order valence-electron chi connectivity index (χ3n) is 3.98. The summed E-state index contributed by atoms with van der Waals surface area (Å²) in [6.45, 7) is 4.13. The molecule has 0 heterocycles. The van der Waals surface area contributed by atoms with Crippen molar-refractivity contribution < 1.29 is 9.18 Å². The van der Waals surface area contributed by atoms with Crippen molar-refractivity contribution in [1.82, 2.24) is 10.6 Å². The van der Waals surface area contributed by atoms with Crippen molar-refractivity contribution in [2.75, 3.05) is 13.6 Å². The normalized spacial score (nSPS) is 12.8. The lowest BCUT2D eigenvalue weighted by atomic mass is 9.96. The Morgan fingerprint density at radius 3 is 2.52 bits per heavy atom. The van der Waals surface area contributed by atoms with Gasteiger partial charge in [-0.05, 0) is 42.8 Å². The molecule has 2 aromatic rings. The molecule has 2 N–H and O–H groups in total. The number of hydrogen-bond acceptors (Lipinski definition) is 2. The van der Waals surface area contributed by atoms with Gasteiger partial charge in [0.25, 0.3) is 0 Å². The molecule has 0 bridgehead atoms. The maximum atomic E-state index is 13.6. The van der Waals surface area contributed by atoms with Gasteiger partial charge in [-0.3, -0.25) is 4.79 Å². The molecule has 0 spiro atoms. The second-order valence-electron chi connectivity index (χ2n) is 5.93. The molecular weight excluding hydrogens is 362 g/mol. The van der Waals surface area contributed by atoms with Crippen LogP contribution in [0.25, 0.3) is 0 Å². The number of hydrogen-bond donors (Lipinski definition) is 2. The summed E-state index contributed by atoms with van der Waals surface area (Å²) in [6, 6.07) is 11.8. The highest BCUT2D eigenvalue weighted by molar-refractivity contribution is 6.31. The van der Waals surface area contributed by atoms with Gasteiger partial charge in [-0.1, -0.05) is 48.9 Å². The topological polar surface area (TPSA) is 41.1 Å².